The van der Waals surface area contributed by atoms with E-state index in [0.717, 1.165) is 64.2 Å². The number of carboxylic acid groups (broad SMARTS) is 4. The van der Waals surface area contributed by atoms with Crippen LogP contribution in [0.3, 0.4) is 0 Å². The minimum absolute atomic E-state index is 0. The smallest absolute Gasteiger partial charge is 0.326 e. The second-order valence-corrected chi connectivity index (χ2v) is 24.0. The van der Waals surface area contributed by atoms with Crippen molar-refractivity contribution in [3.63, 3.8) is 0 Å². The highest BCUT2D eigenvalue weighted by Crippen LogP contribution is 2.26. The number of carbonyl (C=O) groups excluding carboxylic acids is 9. The number of aromatic hydroxyl groups is 1. The molecular formula is C65H106N4O18. The number of hydrogen-bond acceptors (Lipinski definition) is 14. The zero-order chi connectivity index (χ0) is 65.3. The molecule has 6 atom stereocenters. The lowest BCUT2D eigenvalue weighted by atomic mass is 9.81. The second kappa shape index (κ2) is 44.5. The van der Waals surface area contributed by atoms with Crippen molar-refractivity contribution in [1.82, 2.24) is 21.3 Å². The van der Waals surface area contributed by atoms with Gasteiger partial charge in [-0.2, -0.15) is 0 Å². The van der Waals surface area contributed by atoms with Crippen LogP contribution in [0.4, 0.5) is 0 Å². The summed E-state index contributed by atoms with van der Waals surface area (Å²) in [5.41, 5.74) is -0.770. The van der Waals surface area contributed by atoms with Crippen molar-refractivity contribution in [2.24, 2.45) is 23.7 Å². The van der Waals surface area contributed by atoms with Gasteiger partial charge in [-0.1, -0.05) is 115 Å². The summed E-state index contributed by atoms with van der Waals surface area (Å²) in [6.45, 7) is 7.79. The summed E-state index contributed by atoms with van der Waals surface area (Å²) in [5.74, 6) is -12.6. The molecule has 0 aliphatic heterocycles. The molecular weight excluding hydrogens is 1120 g/mol. The fraction of sp³-hybridized carbons (Fsp3) is 0.708. The van der Waals surface area contributed by atoms with Crippen LogP contribution in [-0.2, 0) is 68.7 Å². The van der Waals surface area contributed by atoms with E-state index in [-0.39, 0.29) is 103 Å². The minimum atomic E-state index is -1.53. The Morgan fingerprint density at radius 3 is 1.46 bits per heavy atom. The van der Waals surface area contributed by atoms with Crippen LogP contribution >= 0.6 is 0 Å². The summed E-state index contributed by atoms with van der Waals surface area (Å²) in [5, 5.41) is 58.0. The average molecular weight is 1230 g/mol. The molecule has 0 aliphatic rings. The first-order valence-corrected chi connectivity index (χ1v) is 31.6. The Morgan fingerprint density at radius 2 is 0.977 bits per heavy atom. The summed E-state index contributed by atoms with van der Waals surface area (Å²) >= 11 is 0. The molecule has 0 spiro atoms. The Balaban J connectivity index is 0. The maximum atomic E-state index is 13.8. The molecule has 0 radical (unpaired) electrons. The number of phenolic OH excluding ortho intramolecular Hbond substituents is 1. The van der Waals surface area contributed by atoms with Gasteiger partial charge in [-0.3, -0.25) is 57.5 Å². The van der Waals surface area contributed by atoms with Crippen LogP contribution in [0.15, 0.2) is 24.3 Å². The molecule has 0 unspecified atom stereocenters. The molecule has 87 heavy (non-hydrogen) atoms. The van der Waals surface area contributed by atoms with Crippen LogP contribution in [0.1, 0.15) is 249 Å². The number of nitrogens with one attached hydrogen (secondary N) is 4. The Kier molecular flexibility index (Phi) is 40.0. The predicted octanol–water partition coefficient (Wildman–Crippen LogP) is 9.60. The number of carbonyl (C=O) groups is 13. The van der Waals surface area contributed by atoms with Crippen LogP contribution in [0.2, 0.25) is 0 Å². The van der Waals surface area contributed by atoms with Crippen LogP contribution in [0.5, 0.6) is 5.75 Å². The topological polar surface area (TPSA) is 371 Å². The number of ketones is 5. The summed E-state index contributed by atoms with van der Waals surface area (Å²) in [6.07, 6.45) is 14.9. The molecule has 0 bridgehead atoms. The van der Waals surface area contributed by atoms with Crippen molar-refractivity contribution in [1.29, 1.82) is 0 Å². The van der Waals surface area contributed by atoms with E-state index in [1.165, 1.54) is 65.5 Å². The monoisotopic (exact) mass is 1230 g/mol. The molecule has 0 saturated heterocycles. The fourth-order valence-electron chi connectivity index (χ4n) is 10.3. The Hall–Kier alpha value is -6.87. The summed E-state index contributed by atoms with van der Waals surface area (Å²) in [7, 11) is 0. The van der Waals surface area contributed by atoms with E-state index in [4.69, 9.17) is 5.11 Å². The number of carboxylic acids is 4. The number of Topliss-reactive ketones (excluding diaryl/α,β-unsaturated/α-hetero) is 5. The lowest BCUT2D eigenvalue weighted by molar-refractivity contribution is -0.145. The predicted molar refractivity (Wildman–Crippen MR) is 329 cm³/mol. The average Bonchev–Trinajstić information content (AvgIpc) is 3.12. The van der Waals surface area contributed by atoms with Gasteiger partial charge in [0, 0.05) is 92.4 Å². The molecule has 9 N–H and O–H groups in total. The molecule has 0 aliphatic carbocycles. The largest absolute Gasteiger partial charge is 0.508 e. The maximum Gasteiger partial charge on any atom is 0.326 e. The van der Waals surface area contributed by atoms with Crippen LogP contribution in [0, 0.1) is 23.7 Å². The zero-order valence-corrected chi connectivity index (χ0v) is 52.4. The van der Waals surface area contributed by atoms with Gasteiger partial charge in [-0.25, -0.2) is 4.79 Å². The molecule has 1 aromatic carbocycles. The van der Waals surface area contributed by atoms with Crippen LogP contribution in [0.25, 0.3) is 0 Å². The molecule has 0 fully saturated rings. The van der Waals surface area contributed by atoms with Gasteiger partial charge in [0.2, 0.25) is 23.6 Å². The zero-order valence-electron chi connectivity index (χ0n) is 52.4. The molecule has 0 saturated carbocycles. The molecule has 1 aromatic rings. The van der Waals surface area contributed by atoms with E-state index in [2.05, 4.69) is 21.3 Å². The summed E-state index contributed by atoms with van der Waals surface area (Å²) in [6, 6.07) is 3.55. The van der Waals surface area contributed by atoms with E-state index in [1.54, 1.807) is 12.1 Å². The van der Waals surface area contributed by atoms with E-state index in [0.29, 0.717) is 44.1 Å². The van der Waals surface area contributed by atoms with Crippen molar-refractivity contribution in [2.75, 3.05) is 6.54 Å². The summed E-state index contributed by atoms with van der Waals surface area (Å²) in [4.78, 5) is 163. The van der Waals surface area contributed by atoms with Crippen molar-refractivity contribution >= 4 is 76.4 Å². The number of rotatable bonds is 54. The third-order valence-corrected chi connectivity index (χ3v) is 15.8. The SMILES string of the molecule is CCCC[C@H](CC(=O)C(C)(C)NC(=O)[C@@H](Cc1ccc(O)cc1)NC(C)=O)C(=O)C[C@@H](CCCCNC(=O)CC[C@H](CC(=O)CC[C@H](NC(=O)CC[C@H](CC(=O)CCCCCCCCCCCCCCCCC(=O)O)C(=O)O)C(=O)O)C(=O)O)C(C)=O.[HH].[HH]. The van der Waals surface area contributed by atoms with Crippen molar-refractivity contribution < 1.29 is 90.7 Å². The van der Waals surface area contributed by atoms with E-state index < -0.39 is 113 Å². The van der Waals surface area contributed by atoms with Gasteiger partial charge >= 0.3 is 23.9 Å². The third-order valence-electron chi connectivity index (χ3n) is 15.8. The number of phenols is 1. The number of unbranched alkanes of at least 4 members (excludes halogenated alkanes) is 15. The normalized spacial score (nSPS) is 13.4. The van der Waals surface area contributed by atoms with Gasteiger partial charge in [0.1, 0.15) is 41.0 Å². The summed E-state index contributed by atoms with van der Waals surface area (Å²) < 4.78 is 0. The highest BCUT2D eigenvalue weighted by molar-refractivity contribution is 5.98. The van der Waals surface area contributed by atoms with Crippen LogP contribution < -0.4 is 21.3 Å². The molecule has 22 nitrogen and oxygen atoms in total. The van der Waals surface area contributed by atoms with E-state index >= 15 is 0 Å². The Morgan fingerprint density at radius 1 is 0.483 bits per heavy atom. The van der Waals surface area contributed by atoms with Gasteiger partial charge in [-0.15, -0.1) is 0 Å². The van der Waals surface area contributed by atoms with E-state index in [1.807, 2.05) is 6.92 Å². The first-order chi connectivity index (χ1) is 41.1. The highest BCUT2D eigenvalue weighted by Gasteiger charge is 2.36. The molecule has 22 heteroatoms. The molecule has 1 rings (SSSR count). The van der Waals surface area contributed by atoms with Crippen molar-refractivity contribution in [3.05, 3.63) is 29.8 Å². The molecule has 0 heterocycles. The number of amides is 4. The van der Waals surface area contributed by atoms with Gasteiger partial charge in [-0.05, 0) is 89.8 Å². The third kappa shape index (κ3) is 37.4. The van der Waals surface area contributed by atoms with Crippen molar-refractivity contribution in [2.45, 2.75) is 264 Å². The molecule has 494 valence electrons. The minimum Gasteiger partial charge on any atom is -0.508 e. The number of hydrogen-bond donors (Lipinski definition) is 9. The van der Waals surface area contributed by atoms with Crippen LogP contribution in [-0.4, -0.2) is 126 Å². The van der Waals surface area contributed by atoms with Gasteiger partial charge in [0.15, 0.2) is 5.78 Å². The van der Waals surface area contributed by atoms with Gasteiger partial charge in [0.05, 0.1) is 17.4 Å². The first kappa shape index (κ1) is 78.1. The highest BCUT2D eigenvalue weighted by atomic mass is 16.4. The number of aliphatic carboxylic acids is 4. The lowest BCUT2D eigenvalue weighted by Gasteiger charge is -2.29. The fourth-order valence-corrected chi connectivity index (χ4v) is 10.3. The molecule has 4 amide bonds. The maximum absolute atomic E-state index is 13.8. The lowest BCUT2D eigenvalue weighted by Crippen LogP contribution is -2.57. The number of benzene rings is 1. The first-order valence-electron chi connectivity index (χ1n) is 31.6. The molecule has 0 aromatic heterocycles. The Labute approximate surface area is 516 Å². The van der Waals surface area contributed by atoms with E-state index in [9.17, 15) is 82.8 Å². The van der Waals surface area contributed by atoms with Gasteiger partial charge in [0.25, 0.3) is 0 Å². The Bertz CT molecular complexity index is 2380. The second-order valence-electron chi connectivity index (χ2n) is 24.0. The van der Waals surface area contributed by atoms with Crippen molar-refractivity contribution in [3.8, 4) is 5.75 Å². The standard InChI is InChI=1S/C65H102N4O18.2H2/c1-6-7-24-48(43-57(76)65(4,5)69-61(81)55(67-45(3)71)39-46-28-32-51(72)33-29-46)56(75)42-47(44(2)70)25-22-23-38-66-58(77)36-30-49(62(82)83)41-53(74)34-35-54(64(86)87)68-59(78)37-31-50(63(84)85)40-52(73)26-20-18-16-14-12-10-8-9-11-13-15-17-19-21-27-60(79)80;;/h28-29,32-33,47-50,54-55,72H,6-27,30-31,34-43H2,1-5H3,(H,66,77)(H,67,71)(H,68,78)(H,69,81)(H,79,80)(H,82,83)(H,84,85)(H,86,87);2*1H/t47-,48-,49-,50-,54+,55-;;/m1../s1. The van der Waals surface area contributed by atoms with Gasteiger partial charge < -0.3 is 46.8 Å². The quantitative estimate of drug-likeness (QED) is 0.0274.